The molecule has 1 saturated heterocycles. The summed E-state index contributed by atoms with van der Waals surface area (Å²) in [5.41, 5.74) is 1.76. The lowest BCUT2D eigenvalue weighted by Crippen LogP contribution is -2.30. The summed E-state index contributed by atoms with van der Waals surface area (Å²) in [6.45, 7) is 6.86. The first-order chi connectivity index (χ1) is 11.4. The van der Waals surface area contributed by atoms with E-state index >= 15 is 0 Å². The van der Waals surface area contributed by atoms with E-state index < -0.39 is 9.84 Å². The summed E-state index contributed by atoms with van der Waals surface area (Å²) in [4.78, 5) is 6.89. The Balaban J connectivity index is 1.73. The lowest BCUT2D eigenvalue weighted by atomic mass is 10.2. The fraction of sp³-hybridized carbons (Fsp3) is 0.529. The maximum atomic E-state index is 12.7. The molecule has 3 rings (SSSR count). The molecule has 2 aromatic rings. The Labute approximate surface area is 142 Å². The number of rotatable bonds is 5. The quantitative estimate of drug-likeness (QED) is 0.826. The van der Waals surface area contributed by atoms with Crippen molar-refractivity contribution in [3.05, 3.63) is 41.0 Å². The predicted molar refractivity (Wildman–Crippen MR) is 90.6 cm³/mol. The molecule has 1 atom stereocenters. The summed E-state index contributed by atoms with van der Waals surface area (Å²) >= 11 is 0. The van der Waals surface area contributed by atoms with Crippen LogP contribution in [-0.4, -0.2) is 42.3 Å². The zero-order valence-corrected chi connectivity index (χ0v) is 15.1. The molecule has 0 unspecified atom stereocenters. The highest BCUT2D eigenvalue weighted by Crippen LogP contribution is 2.30. The zero-order valence-electron chi connectivity index (χ0n) is 14.3. The molecular weight excluding hydrogens is 326 g/mol. The molecule has 130 valence electrons. The van der Waals surface area contributed by atoms with Crippen molar-refractivity contribution >= 4 is 9.84 Å². The van der Waals surface area contributed by atoms with Crippen LogP contribution in [0.2, 0.25) is 0 Å². The van der Waals surface area contributed by atoms with Crippen molar-refractivity contribution in [1.82, 2.24) is 15.0 Å². The maximum absolute atomic E-state index is 12.7. The first-order valence-electron chi connectivity index (χ1n) is 8.21. The van der Waals surface area contributed by atoms with E-state index in [1.807, 2.05) is 26.0 Å². The molecule has 0 radical (unpaired) electrons. The van der Waals surface area contributed by atoms with Crippen LogP contribution in [-0.2, 0) is 9.84 Å². The van der Waals surface area contributed by atoms with Crippen molar-refractivity contribution in [3.63, 3.8) is 0 Å². The smallest absolute Gasteiger partial charge is 0.223 e. The van der Waals surface area contributed by atoms with Gasteiger partial charge in [0.2, 0.25) is 5.89 Å². The van der Waals surface area contributed by atoms with Crippen molar-refractivity contribution in [1.29, 1.82) is 0 Å². The predicted octanol–water partition coefficient (Wildman–Crippen LogP) is 2.61. The van der Waals surface area contributed by atoms with Gasteiger partial charge < -0.3 is 4.52 Å². The monoisotopic (exact) mass is 349 g/mol. The van der Waals surface area contributed by atoms with Crippen LogP contribution in [0.4, 0.5) is 0 Å². The van der Waals surface area contributed by atoms with Gasteiger partial charge in [0.05, 0.1) is 16.7 Å². The molecule has 2 heterocycles. The number of nitrogens with zero attached hydrogens (tertiary/aromatic N) is 3. The van der Waals surface area contributed by atoms with E-state index in [0.717, 1.165) is 30.5 Å². The second-order valence-electron chi connectivity index (χ2n) is 6.45. The molecule has 0 amide bonds. The average molecular weight is 349 g/mol. The van der Waals surface area contributed by atoms with Gasteiger partial charge in [-0.1, -0.05) is 17.3 Å². The van der Waals surface area contributed by atoms with Gasteiger partial charge in [-0.05, 0) is 50.4 Å². The van der Waals surface area contributed by atoms with E-state index in [1.165, 1.54) is 0 Å². The van der Waals surface area contributed by atoms with Crippen LogP contribution in [0.5, 0.6) is 0 Å². The highest BCUT2D eigenvalue weighted by molar-refractivity contribution is 7.91. The SMILES string of the molecule is Cc1ccc(C)c(S(=O)(=O)CCN2CCC[C@H]2c2noc(C)n2)c1. The van der Waals surface area contributed by atoms with Gasteiger partial charge in [0.25, 0.3) is 0 Å². The molecule has 0 N–H and O–H groups in total. The minimum atomic E-state index is -3.31. The van der Waals surface area contributed by atoms with Crippen molar-refractivity contribution in [2.24, 2.45) is 0 Å². The van der Waals surface area contributed by atoms with Gasteiger partial charge in [0.1, 0.15) is 0 Å². The molecule has 24 heavy (non-hydrogen) atoms. The van der Waals surface area contributed by atoms with Crippen LogP contribution in [0.15, 0.2) is 27.6 Å². The van der Waals surface area contributed by atoms with Crippen molar-refractivity contribution in [2.75, 3.05) is 18.8 Å². The van der Waals surface area contributed by atoms with E-state index in [2.05, 4.69) is 15.0 Å². The van der Waals surface area contributed by atoms with Crippen molar-refractivity contribution in [3.8, 4) is 0 Å². The fourth-order valence-electron chi connectivity index (χ4n) is 3.23. The molecule has 1 fully saturated rings. The molecule has 6 nitrogen and oxygen atoms in total. The molecule has 1 aliphatic rings. The van der Waals surface area contributed by atoms with Gasteiger partial charge in [0.15, 0.2) is 15.7 Å². The lowest BCUT2D eigenvalue weighted by molar-refractivity contribution is 0.255. The van der Waals surface area contributed by atoms with Gasteiger partial charge in [-0.2, -0.15) is 4.98 Å². The molecule has 0 spiro atoms. The molecule has 1 aromatic heterocycles. The Hall–Kier alpha value is -1.73. The number of sulfone groups is 1. The van der Waals surface area contributed by atoms with Crippen LogP contribution in [0.3, 0.4) is 0 Å². The highest BCUT2D eigenvalue weighted by Gasteiger charge is 2.31. The van der Waals surface area contributed by atoms with Gasteiger partial charge in [-0.15, -0.1) is 0 Å². The summed E-state index contributed by atoms with van der Waals surface area (Å²) in [7, 11) is -3.31. The first kappa shape index (κ1) is 17.1. The van der Waals surface area contributed by atoms with Crippen LogP contribution in [0.1, 0.15) is 41.7 Å². The van der Waals surface area contributed by atoms with Crippen LogP contribution >= 0.6 is 0 Å². The molecule has 0 aliphatic carbocycles. The van der Waals surface area contributed by atoms with Crippen molar-refractivity contribution < 1.29 is 12.9 Å². The largest absolute Gasteiger partial charge is 0.340 e. The van der Waals surface area contributed by atoms with E-state index in [1.54, 1.807) is 13.0 Å². The van der Waals surface area contributed by atoms with E-state index in [0.29, 0.717) is 23.2 Å². The number of aromatic nitrogens is 2. The molecule has 0 bridgehead atoms. The van der Waals surface area contributed by atoms with Gasteiger partial charge >= 0.3 is 0 Å². The van der Waals surface area contributed by atoms with E-state index in [9.17, 15) is 8.42 Å². The summed E-state index contributed by atoms with van der Waals surface area (Å²) in [5, 5.41) is 4.00. The van der Waals surface area contributed by atoms with Crippen LogP contribution < -0.4 is 0 Å². The standard InChI is InChI=1S/C17H23N3O3S/c1-12-6-7-13(2)16(11-12)24(21,22)10-9-20-8-4-5-15(20)17-18-14(3)23-19-17/h6-7,11,15H,4-5,8-10H2,1-3H3/t15-/m0/s1. The number of aryl methyl sites for hydroxylation is 3. The minimum Gasteiger partial charge on any atom is -0.340 e. The Morgan fingerprint density at radius 2 is 2.08 bits per heavy atom. The number of benzene rings is 1. The van der Waals surface area contributed by atoms with Crippen LogP contribution in [0.25, 0.3) is 0 Å². The van der Waals surface area contributed by atoms with Crippen LogP contribution in [0, 0.1) is 20.8 Å². The second kappa shape index (κ2) is 6.64. The normalized spacial score (nSPS) is 19.0. The third-order valence-corrected chi connectivity index (χ3v) is 6.36. The minimum absolute atomic E-state index is 0.0521. The molecule has 0 saturated carbocycles. The van der Waals surface area contributed by atoms with Crippen molar-refractivity contribution in [2.45, 2.75) is 44.6 Å². The van der Waals surface area contributed by atoms with Gasteiger partial charge in [-0.3, -0.25) is 4.90 Å². The number of hydrogen-bond acceptors (Lipinski definition) is 6. The zero-order chi connectivity index (χ0) is 17.3. The molecule has 1 aliphatic heterocycles. The molecular formula is C17H23N3O3S. The Kier molecular flexibility index (Phi) is 4.73. The second-order valence-corrected chi connectivity index (χ2v) is 8.53. The summed E-state index contributed by atoms with van der Waals surface area (Å²) in [6.07, 6.45) is 1.95. The average Bonchev–Trinajstić information content (AvgIpc) is 3.16. The lowest BCUT2D eigenvalue weighted by Gasteiger charge is -2.21. The Morgan fingerprint density at radius 3 is 2.79 bits per heavy atom. The maximum Gasteiger partial charge on any atom is 0.223 e. The van der Waals surface area contributed by atoms with Gasteiger partial charge in [0, 0.05) is 13.5 Å². The summed E-state index contributed by atoms with van der Waals surface area (Å²) in [5.74, 6) is 1.30. The summed E-state index contributed by atoms with van der Waals surface area (Å²) in [6, 6.07) is 5.61. The highest BCUT2D eigenvalue weighted by atomic mass is 32.2. The molecule has 7 heteroatoms. The number of hydrogen-bond donors (Lipinski definition) is 0. The Morgan fingerprint density at radius 1 is 1.29 bits per heavy atom. The summed E-state index contributed by atoms with van der Waals surface area (Å²) < 4.78 is 30.5. The van der Waals surface area contributed by atoms with Gasteiger partial charge in [-0.25, -0.2) is 8.42 Å². The Bertz CT molecular complexity index is 829. The molecule has 1 aromatic carbocycles. The fourth-order valence-corrected chi connectivity index (χ4v) is 4.85. The first-order valence-corrected chi connectivity index (χ1v) is 9.86. The topological polar surface area (TPSA) is 76.3 Å². The van der Waals surface area contributed by atoms with E-state index in [-0.39, 0.29) is 11.8 Å². The third-order valence-electron chi connectivity index (χ3n) is 4.53. The third kappa shape index (κ3) is 3.52. The van der Waals surface area contributed by atoms with E-state index in [4.69, 9.17) is 4.52 Å². The number of likely N-dealkylation sites (tertiary alicyclic amines) is 1.